The van der Waals surface area contributed by atoms with E-state index in [9.17, 15) is 4.79 Å². The Morgan fingerprint density at radius 2 is 2.13 bits per heavy atom. The average molecular weight is 269 g/mol. The largest absolute Gasteiger partial charge is 0.398 e. The number of nitrogen functional groups attached to an aromatic ring is 1. The fourth-order valence-electron chi connectivity index (χ4n) is 1.83. The number of hydrogen-bond acceptors (Lipinski definition) is 2. The van der Waals surface area contributed by atoms with E-state index in [1.165, 1.54) is 0 Å². The highest BCUT2D eigenvalue weighted by atomic mass is 79.9. The summed E-state index contributed by atoms with van der Waals surface area (Å²) in [5, 5.41) is 2.87. The summed E-state index contributed by atoms with van der Waals surface area (Å²) in [5.41, 5.74) is 8.19. The Labute approximate surface area is 97.2 Å². The van der Waals surface area contributed by atoms with Gasteiger partial charge in [0.1, 0.15) is 0 Å². The van der Waals surface area contributed by atoms with Crippen LogP contribution in [-0.4, -0.2) is 12.5 Å². The molecule has 0 fully saturated rings. The van der Waals surface area contributed by atoms with Gasteiger partial charge in [0, 0.05) is 27.7 Å². The summed E-state index contributed by atoms with van der Waals surface area (Å²) < 4.78 is 0.772. The second-order valence-corrected chi connectivity index (χ2v) is 5.34. The zero-order valence-corrected chi connectivity index (χ0v) is 10.3. The van der Waals surface area contributed by atoms with E-state index in [1.807, 2.05) is 6.07 Å². The number of amides is 1. The molecular formula is C11H13BrN2O. The molecule has 80 valence electrons. The summed E-state index contributed by atoms with van der Waals surface area (Å²) in [6.07, 6.45) is 0. The fourth-order valence-corrected chi connectivity index (χ4v) is 2.17. The highest BCUT2D eigenvalue weighted by Crippen LogP contribution is 2.34. The van der Waals surface area contributed by atoms with Gasteiger partial charge in [-0.25, -0.2) is 0 Å². The van der Waals surface area contributed by atoms with Crippen LogP contribution in [0, 0.1) is 0 Å². The summed E-state index contributed by atoms with van der Waals surface area (Å²) >= 11 is 3.33. The van der Waals surface area contributed by atoms with E-state index < -0.39 is 0 Å². The van der Waals surface area contributed by atoms with Gasteiger partial charge in [0.05, 0.1) is 0 Å². The molecule has 0 atom stereocenters. The van der Waals surface area contributed by atoms with Crippen molar-refractivity contribution in [3.63, 3.8) is 0 Å². The van der Waals surface area contributed by atoms with Gasteiger partial charge >= 0.3 is 0 Å². The lowest BCUT2D eigenvalue weighted by molar-refractivity contribution is 0.0930. The topological polar surface area (TPSA) is 55.1 Å². The molecule has 0 unspecified atom stereocenters. The van der Waals surface area contributed by atoms with Gasteiger partial charge in [0.25, 0.3) is 5.91 Å². The Morgan fingerprint density at radius 3 is 2.80 bits per heavy atom. The molecule has 0 saturated carbocycles. The molecule has 1 aliphatic heterocycles. The summed E-state index contributed by atoms with van der Waals surface area (Å²) in [6.45, 7) is 4.84. The first-order valence-corrected chi connectivity index (χ1v) is 5.59. The number of carbonyl (C=O) groups is 1. The van der Waals surface area contributed by atoms with Gasteiger partial charge in [0.15, 0.2) is 0 Å². The number of halogens is 1. The maximum absolute atomic E-state index is 11.7. The number of nitrogens with one attached hydrogen (secondary N) is 1. The van der Waals surface area contributed by atoms with Gasteiger partial charge in [-0.1, -0.05) is 13.8 Å². The summed E-state index contributed by atoms with van der Waals surface area (Å²) in [5.74, 6) is -0.0231. The van der Waals surface area contributed by atoms with Gasteiger partial charge < -0.3 is 11.1 Å². The molecule has 2 rings (SSSR count). The van der Waals surface area contributed by atoms with E-state index in [-0.39, 0.29) is 11.3 Å². The lowest BCUT2D eigenvalue weighted by Crippen LogP contribution is -2.43. The molecule has 1 aliphatic rings. The highest BCUT2D eigenvalue weighted by Gasteiger charge is 2.31. The predicted octanol–water partition coefficient (Wildman–Crippen LogP) is 2.05. The van der Waals surface area contributed by atoms with Crippen LogP contribution < -0.4 is 11.1 Å². The van der Waals surface area contributed by atoms with Crippen LogP contribution in [0.3, 0.4) is 0 Å². The van der Waals surface area contributed by atoms with Gasteiger partial charge in [-0.15, -0.1) is 0 Å². The zero-order valence-electron chi connectivity index (χ0n) is 8.73. The number of nitrogens with two attached hydrogens (primary N) is 1. The standard InChI is InChI=1S/C11H13BrN2O/c1-11(2)5-14-10(15)6-3-8(12)9(13)4-7(6)11/h3-4H,5,13H2,1-2H3,(H,14,15). The molecule has 0 saturated heterocycles. The van der Waals surface area contributed by atoms with Crippen LogP contribution >= 0.6 is 15.9 Å². The van der Waals surface area contributed by atoms with Gasteiger partial charge in [0.2, 0.25) is 0 Å². The van der Waals surface area contributed by atoms with Crippen LogP contribution in [0.5, 0.6) is 0 Å². The molecule has 0 spiro atoms. The Bertz CT molecular complexity index is 440. The van der Waals surface area contributed by atoms with Gasteiger partial charge in [-0.3, -0.25) is 4.79 Å². The van der Waals surface area contributed by atoms with E-state index in [4.69, 9.17) is 5.73 Å². The molecule has 3 N–H and O–H groups in total. The third-order valence-electron chi connectivity index (χ3n) is 2.80. The molecular weight excluding hydrogens is 256 g/mol. The Kier molecular flexibility index (Phi) is 2.26. The van der Waals surface area contributed by atoms with E-state index in [0.29, 0.717) is 17.8 Å². The molecule has 0 aromatic heterocycles. The maximum Gasteiger partial charge on any atom is 0.251 e. The van der Waals surface area contributed by atoms with Gasteiger partial charge in [-0.05, 0) is 33.6 Å². The lowest BCUT2D eigenvalue weighted by atomic mass is 9.79. The fraction of sp³-hybridized carbons (Fsp3) is 0.364. The third-order valence-corrected chi connectivity index (χ3v) is 3.49. The normalized spacial score (nSPS) is 18.2. The van der Waals surface area contributed by atoms with E-state index in [2.05, 4.69) is 35.1 Å². The van der Waals surface area contributed by atoms with Crippen LogP contribution in [0.1, 0.15) is 29.8 Å². The minimum absolute atomic E-state index is 0.0231. The molecule has 1 aromatic carbocycles. The summed E-state index contributed by atoms with van der Waals surface area (Å²) in [6, 6.07) is 3.68. The third kappa shape index (κ3) is 1.63. The van der Waals surface area contributed by atoms with Crippen LogP contribution in [0.4, 0.5) is 5.69 Å². The molecule has 0 bridgehead atoms. The molecule has 15 heavy (non-hydrogen) atoms. The van der Waals surface area contributed by atoms with Crippen molar-refractivity contribution < 1.29 is 4.79 Å². The van der Waals surface area contributed by atoms with Crippen LogP contribution in [0.15, 0.2) is 16.6 Å². The van der Waals surface area contributed by atoms with Crippen molar-refractivity contribution in [1.29, 1.82) is 0 Å². The zero-order chi connectivity index (χ0) is 11.2. The molecule has 4 heteroatoms. The molecule has 0 aliphatic carbocycles. The number of carbonyl (C=O) groups excluding carboxylic acids is 1. The molecule has 1 aromatic rings. The smallest absolute Gasteiger partial charge is 0.251 e. The van der Waals surface area contributed by atoms with Crippen molar-refractivity contribution in [2.45, 2.75) is 19.3 Å². The van der Waals surface area contributed by atoms with E-state index in [0.717, 1.165) is 10.0 Å². The molecule has 3 nitrogen and oxygen atoms in total. The Balaban J connectivity index is 2.68. The quantitative estimate of drug-likeness (QED) is 0.708. The highest BCUT2D eigenvalue weighted by molar-refractivity contribution is 9.10. The summed E-state index contributed by atoms with van der Waals surface area (Å²) in [7, 11) is 0. The number of rotatable bonds is 0. The van der Waals surface area contributed by atoms with Crippen molar-refractivity contribution in [3.8, 4) is 0 Å². The van der Waals surface area contributed by atoms with Crippen molar-refractivity contribution in [1.82, 2.24) is 5.32 Å². The monoisotopic (exact) mass is 268 g/mol. The number of anilines is 1. The van der Waals surface area contributed by atoms with Crippen molar-refractivity contribution in [2.24, 2.45) is 0 Å². The van der Waals surface area contributed by atoms with E-state index >= 15 is 0 Å². The van der Waals surface area contributed by atoms with E-state index in [1.54, 1.807) is 6.07 Å². The molecule has 0 radical (unpaired) electrons. The lowest BCUT2D eigenvalue weighted by Gasteiger charge is -2.32. The average Bonchev–Trinajstić information content (AvgIpc) is 2.16. The maximum atomic E-state index is 11.7. The second-order valence-electron chi connectivity index (χ2n) is 4.49. The van der Waals surface area contributed by atoms with Gasteiger partial charge in [-0.2, -0.15) is 0 Å². The van der Waals surface area contributed by atoms with Crippen molar-refractivity contribution in [3.05, 3.63) is 27.7 Å². The second kappa shape index (κ2) is 3.23. The Hall–Kier alpha value is -1.03. The SMILES string of the molecule is CC1(C)CNC(=O)c2cc(Br)c(N)cc21. The first kappa shape index (κ1) is 10.5. The predicted molar refractivity (Wildman–Crippen MR) is 63.9 cm³/mol. The van der Waals surface area contributed by atoms with Crippen LogP contribution in [0.25, 0.3) is 0 Å². The summed E-state index contributed by atoms with van der Waals surface area (Å²) in [4.78, 5) is 11.7. The molecule has 1 heterocycles. The number of hydrogen-bond donors (Lipinski definition) is 2. The van der Waals surface area contributed by atoms with Crippen molar-refractivity contribution >= 4 is 27.5 Å². The van der Waals surface area contributed by atoms with Crippen LogP contribution in [-0.2, 0) is 5.41 Å². The Morgan fingerprint density at radius 1 is 1.47 bits per heavy atom. The minimum atomic E-state index is -0.0575. The minimum Gasteiger partial charge on any atom is -0.398 e. The molecule has 1 amide bonds. The number of fused-ring (bicyclic) bond motifs is 1. The van der Waals surface area contributed by atoms with Crippen LogP contribution in [0.2, 0.25) is 0 Å². The first-order chi connectivity index (χ1) is 6.92. The number of benzene rings is 1. The first-order valence-electron chi connectivity index (χ1n) is 4.79. The van der Waals surface area contributed by atoms with Crippen molar-refractivity contribution in [2.75, 3.05) is 12.3 Å².